The molecule has 4 nitrogen and oxygen atoms in total. The molecular formula is C16H19N3OS. The van der Waals surface area contributed by atoms with Crippen LogP contribution in [0.5, 0.6) is 0 Å². The standard InChI is InChI=1S/C16H19N3OS/c1-2-17-15(21)16(9-5-3-7-13(16)20)12-11-18-14-8-4-6-10-19(12)14/h4,6,8,10-11H,2-3,5,7,9H2,1H3,(H,17,21). The summed E-state index contributed by atoms with van der Waals surface area (Å²) in [6, 6.07) is 5.85. The highest BCUT2D eigenvalue weighted by Crippen LogP contribution is 2.38. The summed E-state index contributed by atoms with van der Waals surface area (Å²) in [5.74, 6) is 0.213. The van der Waals surface area contributed by atoms with Crippen LogP contribution in [-0.2, 0) is 10.2 Å². The number of nitrogens with one attached hydrogen (secondary N) is 1. The van der Waals surface area contributed by atoms with Crippen molar-refractivity contribution < 1.29 is 4.79 Å². The number of fused-ring (bicyclic) bond motifs is 1. The van der Waals surface area contributed by atoms with Gasteiger partial charge in [-0.15, -0.1) is 0 Å². The summed E-state index contributed by atoms with van der Waals surface area (Å²) in [6.07, 6.45) is 7.08. The Kier molecular flexibility index (Phi) is 3.76. The lowest BCUT2D eigenvalue weighted by atomic mass is 9.70. The number of imidazole rings is 1. The molecule has 2 aromatic rings. The van der Waals surface area contributed by atoms with E-state index in [9.17, 15) is 4.79 Å². The molecule has 1 saturated carbocycles. The summed E-state index contributed by atoms with van der Waals surface area (Å²) >= 11 is 5.60. The van der Waals surface area contributed by atoms with Crippen molar-refractivity contribution in [1.29, 1.82) is 0 Å². The Bertz CT molecular complexity index is 694. The van der Waals surface area contributed by atoms with Gasteiger partial charge in [0, 0.05) is 19.2 Å². The highest BCUT2D eigenvalue weighted by molar-refractivity contribution is 7.80. The first-order valence-electron chi connectivity index (χ1n) is 7.44. The van der Waals surface area contributed by atoms with Gasteiger partial charge in [0.25, 0.3) is 0 Å². The van der Waals surface area contributed by atoms with Gasteiger partial charge in [0.15, 0.2) is 5.78 Å². The van der Waals surface area contributed by atoms with Crippen molar-refractivity contribution >= 4 is 28.6 Å². The van der Waals surface area contributed by atoms with E-state index >= 15 is 0 Å². The lowest BCUT2D eigenvalue weighted by Crippen LogP contribution is -2.51. The van der Waals surface area contributed by atoms with Crippen molar-refractivity contribution in [2.24, 2.45) is 0 Å². The second kappa shape index (κ2) is 5.56. The second-order valence-corrected chi connectivity index (χ2v) is 5.88. The molecule has 1 aliphatic rings. The highest BCUT2D eigenvalue weighted by Gasteiger charge is 2.47. The van der Waals surface area contributed by atoms with Crippen LogP contribution in [0, 0.1) is 0 Å². The number of nitrogens with zero attached hydrogens (tertiary/aromatic N) is 2. The van der Waals surface area contributed by atoms with Crippen LogP contribution in [0.1, 0.15) is 38.3 Å². The Morgan fingerprint density at radius 2 is 2.33 bits per heavy atom. The van der Waals surface area contributed by atoms with E-state index in [0.29, 0.717) is 11.4 Å². The van der Waals surface area contributed by atoms with Gasteiger partial charge in [0.2, 0.25) is 0 Å². The molecular weight excluding hydrogens is 282 g/mol. The molecule has 0 bridgehead atoms. The molecule has 0 aliphatic heterocycles. The summed E-state index contributed by atoms with van der Waals surface area (Å²) in [5, 5.41) is 3.21. The molecule has 0 radical (unpaired) electrons. The van der Waals surface area contributed by atoms with Crippen LogP contribution in [0.4, 0.5) is 0 Å². The van der Waals surface area contributed by atoms with Crippen molar-refractivity contribution in [2.75, 3.05) is 6.54 Å². The number of likely N-dealkylation sites (N-methyl/N-ethyl adjacent to an activating group) is 1. The van der Waals surface area contributed by atoms with Crippen LogP contribution < -0.4 is 5.32 Å². The topological polar surface area (TPSA) is 46.4 Å². The number of thiocarbonyl (C=S) groups is 1. The van der Waals surface area contributed by atoms with Crippen LogP contribution >= 0.6 is 12.2 Å². The molecule has 0 spiro atoms. The molecule has 21 heavy (non-hydrogen) atoms. The largest absolute Gasteiger partial charge is 0.379 e. The van der Waals surface area contributed by atoms with Crippen LogP contribution in [-0.4, -0.2) is 26.7 Å². The molecule has 0 saturated heterocycles. The molecule has 1 atom stereocenters. The number of rotatable bonds is 3. The van der Waals surface area contributed by atoms with Gasteiger partial charge in [-0.1, -0.05) is 24.7 Å². The van der Waals surface area contributed by atoms with Crippen molar-refractivity contribution in [3.8, 4) is 0 Å². The quantitative estimate of drug-likeness (QED) is 0.885. The third kappa shape index (κ3) is 2.16. The molecule has 3 rings (SSSR count). The van der Waals surface area contributed by atoms with E-state index in [4.69, 9.17) is 12.2 Å². The lowest BCUT2D eigenvalue weighted by Gasteiger charge is -2.36. The van der Waals surface area contributed by atoms with Crippen LogP contribution in [0.25, 0.3) is 5.65 Å². The molecule has 2 heterocycles. The van der Waals surface area contributed by atoms with Crippen LogP contribution in [0.15, 0.2) is 30.6 Å². The lowest BCUT2D eigenvalue weighted by molar-refractivity contribution is -0.124. The van der Waals surface area contributed by atoms with Crippen LogP contribution in [0.3, 0.4) is 0 Å². The van der Waals surface area contributed by atoms with Gasteiger partial charge in [-0.3, -0.25) is 4.79 Å². The molecule has 5 heteroatoms. The average molecular weight is 301 g/mol. The first kappa shape index (κ1) is 14.2. The molecule has 1 fully saturated rings. The number of hydrogen-bond acceptors (Lipinski definition) is 3. The van der Waals surface area contributed by atoms with Crippen molar-refractivity contribution in [3.05, 3.63) is 36.3 Å². The second-order valence-electron chi connectivity index (χ2n) is 5.47. The number of aromatic nitrogens is 2. The Balaban J connectivity index is 2.19. The minimum atomic E-state index is -0.718. The van der Waals surface area contributed by atoms with Crippen molar-refractivity contribution in [2.45, 2.75) is 38.0 Å². The van der Waals surface area contributed by atoms with E-state index in [1.165, 1.54) is 0 Å². The number of hydrogen-bond donors (Lipinski definition) is 1. The number of carbonyl (C=O) groups is 1. The fourth-order valence-corrected chi connectivity index (χ4v) is 3.68. The molecule has 1 N–H and O–H groups in total. The Morgan fingerprint density at radius 3 is 3.10 bits per heavy atom. The number of Topliss-reactive ketones (excluding diaryl/α,β-unsaturated/α-hetero) is 1. The monoisotopic (exact) mass is 301 g/mol. The molecule has 0 aromatic carbocycles. The summed E-state index contributed by atoms with van der Waals surface area (Å²) in [6.45, 7) is 2.73. The van der Waals surface area contributed by atoms with E-state index in [2.05, 4.69) is 10.3 Å². The van der Waals surface area contributed by atoms with Gasteiger partial charge in [0.05, 0.1) is 16.9 Å². The van der Waals surface area contributed by atoms with E-state index in [1.807, 2.05) is 41.9 Å². The fourth-order valence-electron chi connectivity index (χ4n) is 3.22. The van der Waals surface area contributed by atoms with E-state index in [-0.39, 0.29) is 5.78 Å². The predicted molar refractivity (Wildman–Crippen MR) is 86.6 cm³/mol. The number of pyridine rings is 1. The third-order valence-corrected chi connectivity index (χ3v) is 4.75. The van der Waals surface area contributed by atoms with E-state index in [0.717, 1.165) is 37.1 Å². The number of ketones is 1. The molecule has 110 valence electrons. The van der Waals surface area contributed by atoms with Gasteiger partial charge in [-0.25, -0.2) is 4.98 Å². The molecule has 2 aromatic heterocycles. The highest BCUT2D eigenvalue weighted by atomic mass is 32.1. The summed E-state index contributed by atoms with van der Waals surface area (Å²) < 4.78 is 1.99. The molecule has 0 amide bonds. The summed E-state index contributed by atoms with van der Waals surface area (Å²) in [7, 11) is 0. The maximum Gasteiger partial charge on any atom is 0.151 e. The summed E-state index contributed by atoms with van der Waals surface area (Å²) in [4.78, 5) is 17.9. The van der Waals surface area contributed by atoms with Gasteiger partial charge >= 0.3 is 0 Å². The Labute approximate surface area is 129 Å². The molecule has 1 unspecified atom stereocenters. The zero-order valence-corrected chi connectivity index (χ0v) is 12.9. The van der Waals surface area contributed by atoms with Gasteiger partial charge in [-0.2, -0.15) is 0 Å². The molecule has 1 aliphatic carbocycles. The normalized spacial score (nSPS) is 22.4. The maximum absolute atomic E-state index is 12.8. The van der Waals surface area contributed by atoms with Gasteiger partial charge in [0.1, 0.15) is 11.1 Å². The van der Waals surface area contributed by atoms with Gasteiger partial charge < -0.3 is 9.72 Å². The minimum absolute atomic E-state index is 0.213. The zero-order valence-electron chi connectivity index (χ0n) is 12.1. The number of carbonyl (C=O) groups excluding carboxylic acids is 1. The first-order valence-corrected chi connectivity index (χ1v) is 7.85. The summed E-state index contributed by atoms with van der Waals surface area (Å²) in [5.41, 5.74) is 1.03. The minimum Gasteiger partial charge on any atom is -0.379 e. The average Bonchev–Trinajstić information content (AvgIpc) is 2.92. The smallest absolute Gasteiger partial charge is 0.151 e. The van der Waals surface area contributed by atoms with E-state index in [1.54, 1.807) is 0 Å². The van der Waals surface area contributed by atoms with E-state index < -0.39 is 5.41 Å². The van der Waals surface area contributed by atoms with Crippen molar-refractivity contribution in [1.82, 2.24) is 14.7 Å². The zero-order chi connectivity index (χ0) is 14.9. The predicted octanol–water partition coefficient (Wildman–Crippen LogP) is 2.65. The van der Waals surface area contributed by atoms with Gasteiger partial charge in [-0.05, 0) is 31.9 Å². The van der Waals surface area contributed by atoms with Crippen molar-refractivity contribution in [3.63, 3.8) is 0 Å². The third-order valence-electron chi connectivity index (χ3n) is 4.26. The fraction of sp³-hybridized carbons (Fsp3) is 0.438. The SMILES string of the molecule is CCNC(=S)C1(c2cnc3ccccn23)CCCCC1=O. The Morgan fingerprint density at radius 1 is 1.48 bits per heavy atom. The van der Waals surface area contributed by atoms with Crippen LogP contribution in [0.2, 0.25) is 0 Å². The maximum atomic E-state index is 12.8. The Hall–Kier alpha value is -1.75. The first-order chi connectivity index (χ1) is 10.2.